The molecule has 0 aliphatic carbocycles. The summed E-state index contributed by atoms with van der Waals surface area (Å²) in [5, 5.41) is 5.75. The highest BCUT2D eigenvalue weighted by Crippen LogP contribution is 2.28. The Bertz CT molecular complexity index is 678. The minimum atomic E-state index is -0.475. The van der Waals surface area contributed by atoms with E-state index in [1.54, 1.807) is 25.1 Å². The summed E-state index contributed by atoms with van der Waals surface area (Å²) in [6.07, 6.45) is 0.560. The normalized spacial score (nSPS) is 17.2. The van der Waals surface area contributed by atoms with E-state index in [2.05, 4.69) is 26.6 Å². The Kier molecular flexibility index (Phi) is 6.51. The van der Waals surface area contributed by atoms with Gasteiger partial charge in [0.25, 0.3) is 0 Å². The largest absolute Gasteiger partial charge is 0.486 e. The minimum absolute atomic E-state index is 0.000575. The molecule has 0 fully saturated rings. The lowest BCUT2D eigenvalue weighted by Gasteiger charge is -2.28. The second-order valence-electron chi connectivity index (χ2n) is 5.04. The highest BCUT2D eigenvalue weighted by molar-refractivity contribution is 9.10. The summed E-state index contributed by atoms with van der Waals surface area (Å²) in [7, 11) is 0. The molecular weight excluding hydrogens is 400 g/mol. The maximum absolute atomic E-state index is 12.2. The molecule has 8 heteroatoms. The van der Waals surface area contributed by atoms with Crippen molar-refractivity contribution in [2.75, 3.05) is 13.2 Å². The van der Waals surface area contributed by atoms with E-state index >= 15 is 0 Å². The smallest absolute Gasteiger partial charge is 0.338 e. The molecule has 1 aliphatic heterocycles. The van der Waals surface area contributed by atoms with Crippen LogP contribution in [0.25, 0.3) is 0 Å². The van der Waals surface area contributed by atoms with Gasteiger partial charge in [0.2, 0.25) is 0 Å². The summed E-state index contributed by atoms with van der Waals surface area (Å²) in [6, 6.07) is 4.40. The molecule has 6 nitrogen and oxygen atoms in total. The zero-order valence-corrected chi connectivity index (χ0v) is 15.7. The zero-order valence-electron chi connectivity index (χ0n) is 13.3. The Morgan fingerprint density at radius 3 is 2.75 bits per heavy atom. The van der Waals surface area contributed by atoms with Gasteiger partial charge < -0.3 is 20.1 Å². The number of halogens is 2. The quantitative estimate of drug-likeness (QED) is 0.696. The summed E-state index contributed by atoms with van der Waals surface area (Å²) in [4.78, 5) is 24.0. The molecule has 0 radical (unpaired) electrons. The average molecular weight is 418 g/mol. The molecule has 2 amide bonds. The van der Waals surface area contributed by atoms with Crippen LogP contribution in [-0.2, 0) is 9.53 Å². The number of rotatable bonds is 6. The molecule has 24 heavy (non-hydrogen) atoms. The molecule has 1 aromatic carbocycles. The summed E-state index contributed by atoms with van der Waals surface area (Å²) >= 11 is 9.44. The van der Waals surface area contributed by atoms with Gasteiger partial charge in [-0.2, -0.15) is 0 Å². The average Bonchev–Trinajstić information content (AvgIpc) is 2.53. The van der Waals surface area contributed by atoms with Crippen LogP contribution >= 0.6 is 27.5 Å². The van der Waals surface area contributed by atoms with Crippen molar-refractivity contribution in [2.24, 2.45) is 0 Å². The van der Waals surface area contributed by atoms with Crippen molar-refractivity contribution in [3.63, 3.8) is 0 Å². The summed E-state index contributed by atoms with van der Waals surface area (Å²) < 4.78 is 11.6. The summed E-state index contributed by atoms with van der Waals surface area (Å²) in [5.41, 5.74) is 0.746. The number of benzene rings is 1. The molecular formula is C16H18BrClN2O4. The first-order valence-corrected chi connectivity index (χ1v) is 8.68. The van der Waals surface area contributed by atoms with Crippen LogP contribution in [0.5, 0.6) is 5.75 Å². The minimum Gasteiger partial charge on any atom is -0.486 e. The van der Waals surface area contributed by atoms with Crippen LogP contribution in [0.3, 0.4) is 0 Å². The third-order valence-electron chi connectivity index (χ3n) is 3.41. The Balaban J connectivity index is 2.26. The lowest BCUT2D eigenvalue weighted by Crippen LogP contribution is -2.51. The van der Waals surface area contributed by atoms with Gasteiger partial charge in [-0.1, -0.05) is 34.5 Å². The van der Waals surface area contributed by atoms with Gasteiger partial charge in [0.15, 0.2) is 0 Å². The molecule has 2 N–H and O–H groups in total. The Morgan fingerprint density at radius 1 is 1.38 bits per heavy atom. The zero-order chi connectivity index (χ0) is 17.7. The first kappa shape index (κ1) is 18.6. The van der Waals surface area contributed by atoms with Gasteiger partial charge in [-0.3, -0.25) is 0 Å². The van der Waals surface area contributed by atoms with Crippen molar-refractivity contribution in [1.82, 2.24) is 10.6 Å². The SMILES string of the molecule is CCOC(=O)C1=C(COc2ccc(Br)cc2Cl)NC(=O)N[C@H]1CC. The van der Waals surface area contributed by atoms with Crippen LogP contribution in [0, 0.1) is 0 Å². The summed E-state index contributed by atoms with van der Waals surface area (Å²) in [6.45, 7) is 3.85. The second kappa shape index (κ2) is 8.39. The van der Waals surface area contributed by atoms with E-state index in [1.165, 1.54) is 0 Å². The highest BCUT2D eigenvalue weighted by atomic mass is 79.9. The van der Waals surface area contributed by atoms with E-state index in [0.29, 0.717) is 28.5 Å². The number of esters is 1. The topological polar surface area (TPSA) is 76.7 Å². The van der Waals surface area contributed by atoms with Crippen LogP contribution in [0.15, 0.2) is 33.9 Å². The Hall–Kier alpha value is -1.73. The van der Waals surface area contributed by atoms with Crippen molar-refractivity contribution < 1.29 is 19.1 Å². The molecule has 0 spiro atoms. The lowest BCUT2D eigenvalue weighted by atomic mass is 10.0. The number of carbonyl (C=O) groups excluding carboxylic acids is 2. The van der Waals surface area contributed by atoms with Crippen molar-refractivity contribution >= 4 is 39.5 Å². The number of hydrogen-bond acceptors (Lipinski definition) is 4. The number of ether oxygens (including phenoxy) is 2. The molecule has 1 aromatic rings. The van der Waals surface area contributed by atoms with Crippen LogP contribution in [0.4, 0.5) is 4.79 Å². The molecule has 0 bridgehead atoms. The van der Waals surface area contributed by atoms with Crippen LogP contribution in [-0.4, -0.2) is 31.3 Å². The predicted octanol–water partition coefficient (Wildman–Crippen LogP) is 3.39. The number of amides is 2. The van der Waals surface area contributed by atoms with E-state index in [0.717, 1.165) is 4.47 Å². The predicted molar refractivity (Wildman–Crippen MR) is 94.1 cm³/mol. The van der Waals surface area contributed by atoms with Gasteiger partial charge >= 0.3 is 12.0 Å². The second-order valence-corrected chi connectivity index (χ2v) is 6.36. The van der Waals surface area contributed by atoms with Gasteiger partial charge in [-0.15, -0.1) is 0 Å². The molecule has 0 unspecified atom stereocenters. The van der Waals surface area contributed by atoms with Crippen molar-refractivity contribution in [3.05, 3.63) is 39.0 Å². The van der Waals surface area contributed by atoms with Crippen molar-refractivity contribution in [2.45, 2.75) is 26.3 Å². The van der Waals surface area contributed by atoms with Gasteiger partial charge in [-0.05, 0) is 31.5 Å². The van der Waals surface area contributed by atoms with Crippen molar-refractivity contribution in [1.29, 1.82) is 0 Å². The van der Waals surface area contributed by atoms with Gasteiger partial charge in [0.1, 0.15) is 12.4 Å². The molecule has 2 rings (SSSR count). The number of nitrogens with one attached hydrogen (secondary N) is 2. The van der Waals surface area contributed by atoms with E-state index in [1.807, 2.05) is 6.92 Å². The van der Waals surface area contributed by atoms with Gasteiger partial charge in [0, 0.05) is 4.47 Å². The van der Waals surface area contributed by atoms with E-state index in [9.17, 15) is 9.59 Å². The molecule has 0 aromatic heterocycles. The highest BCUT2D eigenvalue weighted by Gasteiger charge is 2.31. The number of urea groups is 1. The Morgan fingerprint density at radius 2 is 2.12 bits per heavy atom. The van der Waals surface area contributed by atoms with Gasteiger partial charge in [-0.25, -0.2) is 9.59 Å². The van der Waals surface area contributed by atoms with Crippen LogP contribution < -0.4 is 15.4 Å². The molecule has 0 saturated heterocycles. The third-order valence-corrected chi connectivity index (χ3v) is 4.20. The number of carbonyl (C=O) groups is 2. The fourth-order valence-corrected chi connectivity index (χ4v) is 3.05. The number of hydrogen-bond donors (Lipinski definition) is 2. The fraction of sp³-hybridized carbons (Fsp3) is 0.375. The van der Waals surface area contributed by atoms with E-state index in [4.69, 9.17) is 21.1 Å². The molecule has 0 saturated carbocycles. The van der Waals surface area contributed by atoms with Gasteiger partial charge in [0.05, 0.1) is 28.9 Å². The maximum Gasteiger partial charge on any atom is 0.338 e. The van der Waals surface area contributed by atoms with Crippen LogP contribution in [0.1, 0.15) is 20.3 Å². The van der Waals surface area contributed by atoms with E-state index in [-0.39, 0.29) is 19.2 Å². The molecule has 1 atom stereocenters. The third kappa shape index (κ3) is 4.42. The fourth-order valence-electron chi connectivity index (χ4n) is 2.32. The lowest BCUT2D eigenvalue weighted by molar-refractivity contribution is -0.139. The summed E-state index contributed by atoms with van der Waals surface area (Å²) in [5.74, 6) is -0.0197. The molecule has 130 valence electrons. The molecule has 1 heterocycles. The van der Waals surface area contributed by atoms with Crippen molar-refractivity contribution in [3.8, 4) is 5.75 Å². The molecule has 1 aliphatic rings. The Labute approximate surface area is 153 Å². The first-order valence-electron chi connectivity index (χ1n) is 7.51. The standard InChI is InChI=1S/C16H18BrClN2O4/c1-3-11-14(15(21)23-4-2)12(20-16(22)19-11)8-24-13-6-5-9(17)7-10(13)18/h5-7,11H,3-4,8H2,1-2H3,(H2,19,20,22)/t11-/m0/s1. The monoisotopic (exact) mass is 416 g/mol. The van der Waals surface area contributed by atoms with Crippen LogP contribution in [0.2, 0.25) is 5.02 Å². The first-order chi connectivity index (χ1) is 11.5. The maximum atomic E-state index is 12.2. The van der Waals surface area contributed by atoms with E-state index < -0.39 is 12.0 Å².